The highest BCUT2D eigenvalue weighted by Crippen LogP contribution is 2.15. The molecular weight excluding hydrogens is 222 g/mol. The molecule has 0 aliphatic heterocycles. The Morgan fingerprint density at radius 3 is 2.67 bits per heavy atom. The number of nitrogens with zero attached hydrogens (tertiary/aromatic N) is 2. The third-order valence-corrected chi connectivity index (χ3v) is 3.15. The fraction of sp³-hybridized carbons (Fsp3) is 0.400. The maximum atomic E-state index is 5.61. The predicted octanol–water partition coefficient (Wildman–Crippen LogP) is 2.50. The van der Waals surface area contributed by atoms with Crippen LogP contribution in [0.2, 0.25) is 0 Å². The Morgan fingerprint density at radius 1 is 1.17 bits per heavy atom. The van der Waals surface area contributed by atoms with Gasteiger partial charge in [-0.2, -0.15) is 5.10 Å². The molecule has 0 aliphatic rings. The summed E-state index contributed by atoms with van der Waals surface area (Å²) in [5.41, 5.74) is 10.4. The quantitative estimate of drug-likeness (QED) is 0.877. The van der Waals surface area contributed by atoms with E-state index in [1.54, 1.807) is 0 Å². The van der Waals surface area contributed by atoms with E-state index in [1.165, 1.54) is 11.3 Å². The van der Waals surface area contributed by atoms with E-state index in [-0.39, 0.29) is 0 Å². The van der Waals surface area contributed by atoms with E-state index in [1.807, 2.05) is 0 Å². The first kappa shape index (κ1) is 12.8. The van der Waals surface area contributed by atoms with Crippen molar-refractivity contribution in [1.29, 1.82) is 0 Å². The van der Waals surface area contributed by atoms with Gasteiger partial charge in [0.25, 0.3) is 0 Å². The van der Waals surface area contributed by atoms with E-state index >= 15 is 0 Å². The first-order chi connectivity index (χ1) is 8.78. The fourth-order valence-electron chi connectivity index (χ4n) is 2.13. The zero-order valence-corrected chi connectivity index (χ0v) is 11.2. The summed E-state index contributed by atoms with van der Waals surface area (Å²) < 4.78 is 2.05. The second kappa shape index (κ2) is 5.83. The molecule has 18 heavy (non-hydrogen) atoms. The molecule has 1 aromatic carbocycles. The molecule has 0 spiro atoms. The maximum absolute atomic E-state index is 5.61. The average molecular weight is 243 g/mol. The lowest BCUT2D eigenvalue weighted by molar-refractivity contribution is 0.792. The van der Waals surface area contributed by atoms with Gasteiger partial charge in [-0.25, -0.2) is 4.68 Å². The van der Waals surface area contributed by atoms with E-state index in [0.29, 0.717) is 6.54 Å². The highest BCUT2D eigenvalue weighted by Gasteiger charge is 2.07. The van der Waals surface area contributed by atoms with Crippen LogP contribution in [-0.4, -0.2) is 16.3 Å². The van der Waals surface area contributed by atoms with Crippen LogP contribution in [0.1, 0.15) is 30.8 Å². The molecule has 0 fully saturated rings. The van der Waals surface area contributed by atoms with Crippen molar-refractivity contribution in [2.75, 3.05) is 6.54 Å². The minimum atomic E-state index is 0.684. The molecule has 2 rings (SSSR count). The van der Waals surface area contributed by atoms with Crippen LogP contribution in [0.5, 0.6) is 0 Å². The van der Waals surface area contributed by atoms with Gasteiger partial charge < -0.3 is 5.73 Å². The average Bonchev–Trinajstić information content (AvgIpc) is 2.83. The van der Waals surface area contributed by atoms with Gasteiger partial charge in [0.2, 0.25) is 0 Å². The Labute approximate surface area is 109 Å². The number of aryl methyl sites for hydroxylation is 2. The second-order valence-corrected chi connectivity index (χ2v) is 4.45. The molecule has 0 unspecified atom stereocenters. The van der Waals surface area contributed by atoms with Gasteiger partial charge in [-0.3, -0.25) is 0 Å². The van der Waals surface area contributed by atoms with E-state index in [2.05, 4.69) is 54.0 Å². The number of hydrogen-bond donors (Lipinski definition) is 1. The van der Waals surface area contributed by atoms with Crippen molar-refractivity contribution in [2.24, 2.45) is 5.73 Å². The minimum absolute atomic E-state index is 0.684. The van der Waals surface area contributed by atoms with Crippen molar-refractivity contribution >= 4 is 0 Å². The summed E-state index contributed by atoms with van der Waals surface area (Å²) >= 11 is 0. The summed E-state index contributed by atoms with van der Waals surface area (Å²) in [6.07, 6.45) is 2.88. The summed E-state index contributed by atoms with van der Waals surface area (Å²) in [5, 5.41) is 4.66. The molecule has 3 nitrogen and oxygen atoms in total. The number of nitrogens with two attached hydrogens (primary N) is 1. The largest absolute Gasteiger partial charge is 0.330 e. The molecule has 0 amide bonds. The van der Waals surface area contributed by atoms with Gasteiger partial charge in [0.15, 0.2) is 0 Å². The standard InChI is InChI=1S/C15H21N3/c1-3-13-11-14(4-2)18(17-13)15-7-5-6-12(10-15)8-9-16/h5-7,10-11H,3-4,8-9,16H2,1-2H3. The third kappa shape index (κ3) is 2.62. The highest BCUT2D eigenvalue weighted by atomic mass is 15.3. The van der Waals surface area contributed by atoms with Gasteiger partial charge in [-0.15, -0.1) is 0 Å². The van der Waals surface area contributed by atoms with Gasteiger partial charge >= 0.3 is 0 Å². The molecule has 0 aliphatic carbocycles. The molecule has 2 aromatic rings. The normalized spacial score (nSPS) is 10.8. The van der Waals surface area contributed by atoms with Crippen molar-refractivity contribution in [3.05, 3.63) is 47.3 Å². The minimum Gasteiger partial charge on any atom is -0.330 e. The van der Waals surface area contributed by atoms with E-state index in [0.717, 1.165) is 30.6 Å². The van der Waals surface area contributed by atoms with Crippen LogP contribution in [0.15, 0.2) is 30.3 Å². The summed E-state index contributed by atoms with van der Waals surface area (Å²) in [6, 6.07) is 10.7. The first-order valence-electron chi connectivity index (χ1n) is 6.65. The maximum Gasteiger partial charge on any atom is 0.0651 e. The fourth-order valence-corrected chi connectivity index (χ4v) is 2.13. The van der Waals surface area contributed by atoms with Crippen molar-refractivity contribution < 1.29 is 0 Å². The second-order valence-electron chi connectivity index (χ2n) is 4.45. The Kier molecular flexibility index (Phi) is 4.15. The Bertz CT molecular complexity index is 514. The molecule has 0 radical (unpaired) electrons. The first-order valence-corrected chi connectivity index (χ1v) is 6.65. The number of benzene rings is 1. The zero-order chi connectivity index (χ0) is 13.0. The summed E-state index contributed by atoms with van der Waals surface area (Å²) in [6.45, 7) is 4.98. The van der Waals surface area contributed by atoms with Crippen molar-refractivity contribution in [2.45, 2.75) is 33.1 Å². The lowest BCUT2D eigenvalue weighted by atomic mass is 10.1. The SMILES string of the molecule is CCc1cc(CC)n(-c2cccc(CCN)c2)n1. The molecule has 96 valence electrons. The Hall–Kier alpha value is -1.61. The molecule has 0 bridgehead atoms. The van der Waals surface area contributed by atoms with Crippen LogP contribution in [0.3, 0.4) is 0 Å². The van der Waals surface area contributed by atoms with E-state index in [9.17, 15) is 0 Å². The van der Waals surface area contributed by atoms with Gasteiger partial charge in [0, 0.05) is 5.69 Å². The molecule has 0 saturated heterocycles. The Morgan fingerprint density at radius 2 is 2.00 bits per heavy atom. The molecule has 3 heteroatoms. The topological polar surface area (TPSA) is 43.8 Å². The van der Waals surface area contributed by atoms with Crippen LogP contribution in [-0.2, 0) is 19.3 Å². The molecular formula is C15H21N3. The smallest absolute Gasteiger partial charge is 0.0651 e. The van der Waals surface area contributed by atoms with Gasteiger partial charge in [0.05, 0.1) is 11.4 Å². The summed E-state index contributed by atoms with van der Waals surface area (Å²) in [7, 11) is 0. The lowest BCUT2D eigenvalue weighted by Crippen LogP contribution is -2.05. The van der Waals surface area contributed by atoms with Crippen molar-refractivity contribution in [1.82, 2.24) is 9.78 Å². The molecule has 1 heterocycles. The number of rotatable bonds is 5. The summed E-state index contributed by atoms with van der Waals surface area (Å²) in [5.74, 6) is 0. The number of aromatic nitrogens is 2. The molecule has 2 N–H and O–H groups in total. The van der Waals surface area contributed by atoms with E-state index in [4.69, 9.17) is 5.73 Å². The molecule has 0 saturated carbocycles. The van der Waals surface area contributed by atoms with Crippen LogP contribution in [0, 0.1) is 0 Å². The van der Waals surface area contributed by atoms with Crippen molar-refractivity contribution in [3.63, 3.8) is 0 Å². The third-order valence-electron chi connectivity index (χ3n) is 3.15. The zero-order valence-electron chi connectivity index (χ0n) is 11.2. The van der Waals surface area contributed by atoms with Crippen LogP contribution < -0.4 is 5.73 Å². The lowest BCUT2D eigenvalue weighted by Gasteiger charge is -2.07. The van der Waals surface area contributed by atoms with Gasteiger partial charge in [0.1, 0.15) is 0 Å². The van der Waals surface area contributed by atoms with Crippen molar-refractivity contribution in [3.8, 4) is 5.69 Å². The molecule has 1 aromatic heterocycles. The highest BCUT2D eigenvalue weighted by molar-refractivity contribution is 5.37. The van der Waals surface area contributed by atoms with Gasteiger partial charge in [-0.05, 0) is 49.6 Å². The Balaban J connectivity index is 2.40. The van der Waals surface area contributed by atoms with Crippen LogP contribution in [0.4, 0.5) is 0 Å². The predicted molar refractivity (Wildman–Crippen MR) is 75.1 cm³/mol. The number of hydrogen-bond acceptors (Lipinski definition) is 2. The van der Waals surface area contributed by atoms with Crippen LogP contribution >= 0.6 is 0 Å². The van der Waals surface area contributed by atoms with Crippen LogP contribution in [0.25, 0.3) is 5.69 Å². The summed E-state index contributed by atoms with van der Waals surface area (Å²) in [4.78, 5) is 0. The monoisotopic (exact) mass is 243 g/mol. The van der Waals surface area contributed by atoms with Gasteiger partial charge in [-0.1, -0.05) is 26.0 Å². The molecule has 0 atom stereocenters. The van der Waals surface area contributed by atoms with E-state index < -0.39 is 0 Å².